The molecule has 0 atom stereocenters. The maximum absolute atomic E-state index is 4.73. The van der Waals surface area contributed by atoms with Crippen molar-refractivity contribution in [3.63, 3.8) is 0 Å². The molecule has 4 heteroatoms. The largest absolute Gasteiger partial charge is 0.332 e. The van der Waals surface area contributed by atoms with Gasteiger partial charge in [-0.3, -0.25) is 0 Å². The highest BCUT2D eigenvalue weighted by Crippen LogP contribution is 2.28. The van der Waals surface area contributed by atoms with Gasteiger partial charge in [-0.05, 0) is 55.0 Å². The van der Waals surface area contributed by atoms with E-state index in [-0.39, 0.29) is 17.0 Å². The summed E-state index contributed by atoms with van der Waals surface area (Å²) in [6.45, 7) is 8.73. The van der Waals surface area contributed by atoms with E-state index >= 15 is 0 Å². The van der Waals surface area contributed by atoms with Crippen molar-refractivity contribution in [2.45, 2.75) is 34.1 Å². The van der Waals surface area contributed by atoms with Gasteiger partial charge in [0.05, 0.1) is 5.69 Å². The van der Waals surface area contributed by atoms with Crippen LogP contribution in [-0.4, -0.2) is 4.98 Å². The van der Waals surface area contributed by atoms with Gasteiger partial charge in [0.15, 0.2) is 5.13 Å². The molecule has 0 aliphatic heterocycles. The lowest BCUT2D eigenvalue weighted by molar-refractivity contribution is 0.647. The molecule has 1 N–H and O–H groups in total. The van der Waals surface area contributed by atoms with Gasteiger partial charge in [0.1, 0.15) is 0 Å². The molecule has 25 heavy (non-hydrogen) atoms. The van der Waals surface area contributed by atoms with E-state index in [0.29, 0.717) is 5.92 Å². The summed E-state index contributed by atoms with van der Waals surface area (Å²) in [4.78, 5) is 4.73. The number of halogens is 1. The summed E-state index contributed by atoms with van der Waals surface area (Å²) in [5, 5.41) is 6.47. The van der Waals surface area contributed by atoms with Gasteiger partial charge in [-0.1, -0.05) is 44.2 Å². The normalized spacial score (nSPS) is 10.6. The molecule has 0 spiro atoms. The third-order valence-corrected chi connectivity index (χ3v) is 4.63. The molecule has 1 heterocycles. The maximum atomic E-state index is 4.73. The first kappa shape index (κ1) is 19.7. The molecule has 0 saturated heterocycles. The number of nitrogens with one attached hydrogen (secondary N) is 1. The lowest BCUT2D eigenvalue weighted by atomic mass is 10.0. The van der Waals surface area contributed by atoms with Crippen LogP contribution in [0.1, 0.15) is 30.5 Å². The first-order valence-electron chi connectivity index (χ1n) is 8.40. The quantitative estimate of drug-likeness (QED) is 0.486. The summed E-state index contributed by atoms with van der Waals surface area (Å²) < 4.78 is 0. The summed E-state index contributed by atoms with van der Waals surface area (Å²) in [5.74, 6) is 0.684. The van der Waals surface area contributed by atoms with Crippen molar-refractivity contribution in [1.82, 2.24) is 4.98 Å². The first-order chi connectivity index (χ1) is 11.5. The molecule has 0 fully saturated rings. The molecule has 3 rings (SSSR count). The second kappa shape index (κ2) is 8.63. The van der Waals surface area contributed by atoms with Crippen molar-refractivity contribution in [3.8, 4) is 11.3 Å². The Bertz CT molecular complexity index is 802. The number of anilines is 2. The molecule has 0 radical (unpaired) electrons. The van der Waals surface area contributed by atoms with E-state index in [1.54, 1.807) is 11.3 Å². The number of aryl methyl sites for hydroxylation is 2. The summed E-state index contributed by atoms with van der Waals surface area (Å²) in [5.41, 5.74) is 7.21. The highest BCUT2D eigenvalue weighted by atomic mass is 79.9. The molecule has 0 amide bonds. The van der Waals surface area contributed by atoms with Crippen molar-refractivity contribution >= 4 is 39.1 Å². The zero-order chi connectivity index (χ0) is 17.1. The van der Waals surface area contributed by atoms with Gasteiger partial charge < -0.3 is 5.32 Å². The van der Waals surface area contributed by atoms with Gasteiger partial charge in [0.25, 0.3) is 0 Å². The smallest absolute Gasteiger partial charge is 0.187 e. The minimum absolute atomic E-state index is 0. The van der Waals surface area contributed by atoms with Crippen LogP contribution in [0.3, 0.4) is 0 Å². The van der Waals surface area contributed by atoms with Gasteiger partial charge in [0, 0.05) is 16.6 Å². The number of hydrogen-bond donors (Lipinski definition) is 1. The lowest BCUT2D eigenvalue weighted by Gasteiger charge is -2.06. The minimum Gasteiger partial charge on any atom is -0.332 e. The predicted molar refractivity (Wildman–Crippen MR) is 116 cm³/mol. The molecular formula is C21H25BrN2S. The van der Waals surface area contributed by atoms with Crippen LogP contribution in [0.15, 0.2) is 47.8 Å². The van der Waals surface area contributed by atoms with Gasteiger partial charge in [-0.2, -0.15) is 0 Å². The Labute approximate surface area is 165 Å². The number of aromatic nitrogens is 1. The number of hydrogen-bond acceptors (Lipinski definition) is 3. The van der Waals surface area contributed by atoms with Crippen molar-refractivity contribution in [2.24, 2.45) is 5.92 Å². The van der Waals surface area contributed by atoms with Crippen LogP contribution in [0, 0.1) is 19.8 Å². The average molecular weight is 417 g/mol. The Morgan fingerprint density at radius 3 is 2.24 bits per heavy atom. The molecular weight excluding hydrogens is 392 g/mol. The van der Waals surface area contributed by atoms with Gasteiger partial charge in [0.2, 0.25) is 0 Å². The van der Waals surface area contributed by atoms with Crippen LogP contribution in [0.5, 0.6) is 0 Å². The van der Waals surface area contributed by atoms with Crippen LogP contribution in [-0.2, 0) is 6.42 Å². The molecule has 1 aromatic heterocycles. The van der Waals surface area contributed by atoms with Crippen LogP contribution in [0.4, 0.5) is 10.8 Å². The summed E-state index contributed by atoms with van der Waals surface area (Å²) in [6, 6.07) is 15.2. The topological polar surface area (TPSA) is 24.9 Å². The predicted octanol–water partition coefficient (Wildman–Crippen LogP) is 6.95. The zero-order valence-electron chi connectivity index (χ0n) is 15.2. The molecule has 2 aromatic carbocycles. The Balaban J connectivity index is 0.00000225. The fourth-order valence-electron chi connectivity index (χ4n) is 2.92. The number of benzene rings is 2. The molecule has 0 saturated carbocycles. The Kier molecular flexibility index (Phi) is 6.79. The van der Waals surface area contributed by atoms with Crippen molar-refractivity contribution in [3.05, 3.63) is 64.5 Å². The van der Waals surface area contributed by atoms with Crippen LogP contribution in [0.2, 0.25) is 0 Å². The lowest BCUT2D eigenvalue weighted by Crippen LogP contribution is -1.93. The van der Waals surface area contributed by atoms with Crippen LogP contribution in [0.25, 0.3) is 11.3 Å². The molecule has 132 valence electrons. The standard InChI is InChI=1S/C21H24N2S.BrH/c1-14(2)9-17-5-7-18(8-6-17)20-13-24-21(23-20)22-19-11-15(3)10-16(4)12-19;/h5-8,10-14H,9H2,1-4H3,(H,22,23);1H. The highest BCUT2D eigenvalue weighted by molar-refractivity contribution is 8.93. The third kappa shape index (κ3) is 5.41. The summed E-state index contributed by atoms with van der Waals surface area (Å²) >= 11 is 1.64. The summed E-state index contributed by atoms with van der Waals surface area (Å²) in [7, 11) is 0. The van der Waals surface area contributed by atoms with Crippen LogP contribution >= 0.6 is 28.3 Å². The van der Waals surface area contributed by atoms with E-state index < -0.39 is 0 Å². The second-order valence-corrected chi connectivity index (χ2v) is 7.69. The van der Waals surface area contributed by atoms with Crippen molar-refractivity contribution < 1.29 is 0 Å². The van der Waals surface area contributed by atoms with Crippen LogP contribution < -0.4 is 5.32 Å². The molecule has 3 aromatic rings. The van der Waals surface area contributed by atoms with E-state index in [1.165, 1.54) is 22.3 Å². The molecule has 0 aliphatic rings. The molecule has 0 unspecified atom stereocenters. The van der Waals surface area contributed by atoms with E-state index in [1.807, 2.05) is 0 Å². The summed E-state index contributed by atoms with van der Waals surface area (Å²) in [6.07, 6.45) is 1.12. The number of nitrogens with zero attached hydrogens (tertiary/aromatic N) is 1. The highest BCUT2D eigenvalue weighted by Gasteiger charge is 2.06. The number of thiazole rings is 1. The minimum atomic E-state index is 0. The van der Waals surface area contributed by atoms with Gasteiger partial charge in [-0.25, -0.2) is 4.98 Å². The fourth-order valence-corrected chi connectivity index (χ4v) is 3.66. The van der Waals surface area contributed by atoms with E-state index in [9.17, 15) is 0 Å². The van der Waals surface area contributed by atoms with E-state index in [4.69, 9.17) is 4.98 Å². The van der Waals surface area contributed by atoms with Crippen molar-refractivity contribution in [1.29, 1.82) is 0 Å². The third-order valence-electron chi connectivity index (χ3n) is 3.87. The van der Waals surface area contributed by atoms with Gasteiger partial charge >= 0.3 is 0 Å². The number of rotatable bonds is 5. The maximum Gasteiger partial charge on any atom is 0.187 e. The van der Waals surface area contributed by atoms with E-state index in [0.717, 1.165) is 22.9 Å². The average Bonchev–Trinajstić information content (AvgIpc) is 2.94. The Morgan fingerprint density at radius 1 is 1.00 bits per heavy atom. The van der Waals surface area contributed by atoms with Crippen molar-refractivity contribution in [2.75, 3.05) is 5.32 Å². The Morgan fingerprint density at radius 2 is 1.64 bits per heavy atom. The van der Waals surface area contributed by atoms with E-state index in [2.05, 4.69) is 80.9 Å². The SMILES string of the molecule is Br.Cc1cc(C)cc(Nc2nc(-c3ccc(CC(C)C)cc3)cs2)c1. The molecule has 0 aliphatic carbocycles. The first-order valence-corrected chi connectivity index (χ1v) is 9.28. The van der Waals surface area contributed by atoms with Gasteiger partial charge in [-0.15, -0.1) is 28.3 Å². The zero-order valence-corrected chi connectivity index (χ0v) is 17.7. The monoisotopic (exact) mass is 416 g/mol. The molecule has 0 bridgehead atoms. The molecule has 2 nitrogen and oxygen atoms in total. The Hall–Kier alpha value is -1.65. The second-order valence-electron chi connectivity index (χ2n) is 6.83. The fraction of sp³-hybridized carbons (Fsp3) is 0.286.